The van der Waals surface area contributed by atoms with Gasteiger partial charge < -0.3 is 10.1 Å². The third-order valence-corrected chi connectivity index (χ3v) is 5.60. The lowest BCUT2D eigenvalue weighted by Crippen LogP contribution is -2.30. The Labute approximate surface area is 120 Å². The molecule has 19 heavy (non-hydrogen) atoms. The lowest BCUT2D eigenvalue weighted by atomic mass is 9.88. The summed E-state index contributed by atoms with van der Waals surface area (Å²) < 4.78 is 6.07. The van der Waals surface area contributed by atoms with Crippen LogP contribution in [0.25, 0.3) is 0 Å². The summed E-state index contributed by atoms with van der Waals surface area (Å²) in [4.78, 5) is 0. The van der Waals surface area contributed by atoms with E-state index >= 15 is 0 Å². The van der Waals surface area contributed by atoms with Gasteiger partial charge in [-0.15, -0.1) is 0 Å². The lowest BCUT2D eigenvalue weighted by molar-refractivity contribution is 0.170. The van der Waals surface area contributed by atoms with Crippen LogP contribution in [0.15, 0.2) is 18.2 Å². The first-order valence-electron chi connectivity index (χ1n) is 7.33. The molecule has 104 valence electrons. The van der Waals surface area contributed by atoms with Crippen molar-refractivity contribution in [2.75, 3.05) is 30.0 Å². The molecule has 1 N–H and O–H groups in total. The van der Waals surface area contributed by atoms with Gasteiger partial charge in [0.25, 0.3) is 0 Å². The minimum Gasteiger partial charge on any atom is -0.493 e. The maximum absolute atomic E-state index is 6.07. The number of hydrogen-bond donors (Lipinski definition) is 1. The average molecular weight is 277 g/mol. The van der Waals surface area contributed by atoms with Crippen LogP contribution in [0.4, 0.5) is 5.69 Å². The fourth-order valence-electron chi connectivity index (χ4n) is 2.90. The Morgan fingerprint density at radius 3 is 3.16 bits per heavy atom. The molecule has 2 nitrogen and oxygen atoms in total. The molecule has 0 aromatic heterocycles. The van der Waals surface area contributed by atoms with Gasteiger partial charge in [0.05, 0.1) is 6.61 Å². The number of hydrogen-bond acceptors (Lipinski definition) is 3. The standard InChI is InChI=1S/C16H23NOS/c1-16(7-3-9-19-12-16)11-18-14-5-6-15-13(10-14)4-2-8-17-15/h5-6,10,17H,2-4,7-9,11-12H2,1H3. The highest BCUT2D eigenvalue weighted by Crippen LogP contribution is 2.35. The number of anilines is 1. The fraction of sp³-hybridized carbons (Fsp3) is 0.625. The molecule has 3 rings (SSSR count). The average Bonchev–Trinajstić information content (AvgIpc) is 2.46. The first kappa shape index (κ1) is 13.2. The molecule has 0 spiro atoms. The van der Waals surface area contributed by atoms with Crippen LogP contribution in [-0.2, 0) is 6.42 Å². The van der Waals surface area contributed by atoms with E-state index in [1.807, 2.05) is 0 Å². The minimum absolute atomic E-state index is 0.358. The number of thioether (sulfide) groups is 1. The molecule has 0 aliphatic carbocycles. The molecule has 0 amide bonds. The van der Waals surface area contributed by atoms with Gasteiger partial charge >= 0.3 is 0 Å². The van der Waals surface area contributed by atoms with Crippen molar-refractivity contribution < 1.29 is 4.74 Å². The lowest BCUT2D eigenvalue weighted by Gasteiger charge is -2.32. The normalized spacial score (nSPS) is 26.4. The van der Waals surface area contributed by atoms with E-state index in [9.17, 15) is 0 Å². The zero-order valence-electron chi connectivity index (χ0n) is 11.7. The molecule has 2 aliphatic rings. The maximum atomic E-state index is 6.07. The SMILES string of the molecule is CC1(COc2ccc3c(c2)CCCN3)CCCSC1. The van der Waals surface area contributed by atoms with E-state index < -0.39 is 0 Å². The van der Waals surface area contributed by atoms with Crippen molar-refractivity contribution in [2.45, 2.75) is 32.6 Å². The van der Waals surface area contributed by atoms with Crippen LogP contribution >= 0.6 is 11.8 Å². The van der Waals surface area contributed by atoms with Crippen molar-refractivity contribution in [3.63, 3.8) is 0 Å². The molecule has 1 fully saturated rings. The van der Waals surface area contributed by atoms with Gasteiger partial charge in [0.1, 0.15) is 5.75 Å². The molecule has 3 heteroatoms. The van der Waals surface area contributed by atoms with Gasteiger partial charge in [-0.25, -0.2) is 0 Å². The van der Waals surface area contributed by atoms with Crippen LogP contribution in [0.3, 0.4) is 0 Å². The molecule has 0 radical (unpaired) electrons. The van der Waals surface area contributed by atoms with Gasteiger partial charge in [-0.1, -0.05) is 6.92 Å². The summed E-state index contributed by atoms with van der Waals surface area (Å²) in [6, 6.07) is 6.50. The summed E-state index contributed by atoms with van der Waals surface area (Å²) in [6.07, 6.45) is 5.03. The molecule has 1 aromatic rings. The third-order valence-electron chi connectivity index (χ3n) is 4.12. The Balaban J connectivity index is 1.63. The van der Waals surface area contributed by atoms with Gasteiger partial charge in [0.2, 0.25) is 0 Å². The van der Waals surface area contributed by atoms with Crippen molar-refractivity contribution in [3.8, 4) is 5.75 Å². The predicted octanol–water partition coefficient (Wildman–Crippen LogP) is 3.96. The summed E-state index contributed by atoms with van der Waals surface area (Å²) in [7, 11) is 0. The zero-order chi connectivity index (χ0) is 13.1. The number of nitrogens with one attached hydrogen (secondary N) is 1. The summed E-state index contributed by atoms with van der Waals surface area (Å²) in [5.41, 5.74) is 3.06. The summed E-state index contributed by atoms with van der Waals surface area (Å²) in [5.74, 6) is 3.60. The highest BCUT2D eigenvalue weighted by Gasteiger charge is 2.28. The number of aryl methyl sites for hydroxylation is 1. The summed E-state index contributed by atoms with van der Waals surface area (Å²) in [5, 5.41) is 3.44. The second-order valence-electron chi connectivity index (χ2n) is 6.10. The highest BCUT2D eigenvalue weighted by atomic mass is 32.2. The Bertz CT molecular complexity index is 440. The number of rotatable bonds is 3. The Kier molecular flexibility index (Phi) is 3.92. The van der Waals surface area contributed by atoms with Gasteiger partial charge in [-0.05, 0) is 55.2 Å². The van der Waals surface area contributed by atoms with Crippen LogP contribution in [0.2, 0.25) is 0 Å². The second-order valence-corrected chi connectivity index (χ2v) is 7.21. The van der Waals surface area contributed by atoms with E-state index in [-0.39, 0.29) is 0 Å². The molecule has 1 aromatic carbocycles. The van der Waals surface area contributed by atoms with Crippen LogP contribution in [0.5, 0.6) is 5.75 Å². The molecule has 1 unspecified atom stereocenters. The van der Waals surface area contributed by atoms with Crippen LogP contribution in [-0.4, -0.2) is 24.7 Å². The van der Waals surface area contributed by atoms with Gasteiger partial charge in [0, 0.05) is 23.4 Å². The quantitative estimate of drug-likeness (QED) is 0.903. The monoisotopic (exact) mass is 277 g/mol. The third kappa shape index (κ3) is 3.19. The topological polar surface area (TPSA) is 21.3 Å². The molecular weight excluding hydrogens is 254 g/mol. The zero-order valence-corrected chi connectivity index (χ0v) is 12.5. The molecular formula is C16H23NOS. The molecule has 2 aliphatic heterocycles. The number of fused-ring (bicyclic) bond motifs is 1. The first-order chi connectivity index (χ1) is 9.25. The van der Waals surface area contributed by atoms with Gasteiger partial charge in [-0.2, -0.15) is 11.8 Å². The minimum atomic E-state index is 0.358. The first-order valence-corrected chi connectivity index (χ1v) is 8.48. The van der Waals surface area contributed by atoms with Crippen molar-refractivity contribution >= 4 is 17.4 Å². The second kappa shape index (κ2) is 5.66. The van der Waals surface area contributed by atoms with Crippen LogP contribution < -0.4 is 10.1 Å². The van der Waals surface area contributed by atoms with Crippen LogP contribution in [0, 0.1) is 5.41 Å². The molecule has 1 atom stereocenters. The highest BCUT2D eigenvalue weighted by molar-refractivity contribution is 7.99. The summed E-state index contributed by atoms with van der Waals surface area (Å²) in [6.45, 7) is 4.31. The van der Waals surface area contributed by atoms with E-state index in [1.165, 1.54) is 48.4 Å². The van der Waals surface area contributed by atoms with Crippen LogP contribution in [0.1, 0.15) is 31.7 Å². The largest absolute Gasteiger partial charge is 0.493 e. The van der Waals surface area contributed by atoms with E-state index in [0.717, 1.165) is 18.9 Å². The Morgan fingerprint density at radius 2 is 2.32 bits per heavy atom. The van der Waals surface area contributed by atoms with E-state index in [4.69, 9.17) is 4.74 Å². The Morgan fingerprint density at radius 1 is 1.37 bits per heavy atom. The van der Waals surface area contributed by atoms with Gasteiger partial charge in [0.15, 0.2) is 0 Å². The van der Waals surface area contributed by atoms with E-state index in [0.29, 0.717) is 5.41 Å². The fourth-order valence-corrected chi connectivity index (χ4v) is 4.12. The molecule has 0 saturated carbocycles. The predicted molar refractivity (Wildman–Crippen MR) is 83.4 cm³/mol. The van der Waals surface area contributed by atoms with E-state index in [2.05, 4.69) is 42.2 Å². The molecule has 0 bridgehead atoms. The number of benzene rings is 1. The smallest absolute Gasteiger partial charge is 0.119 e. The summed E-state index contributed by atoms with van der Waals surface area (Å²) >= 11 is 2.07. The van der Waals surface area contributed by atoms with Crippen molar-refractivity contribution in [1.82, 2.24) is 0 Å². The molecule has 2 heterocycles. The number of ether oxygens (including phenoxy) is 1. The molecule has 1 saturated heterocycles. The maximum Gasteiger partial charge on any atom is 0.119 e. The van der Waals surface area contributed by atoms with E-state index in [1.54, 1.807) is 0 Å². The van der Waals surface area contributed by atoms with Crippen molar-refractivity contribution in [3.05, 3.63) is 23.8 Å². The van der Waals surface area contributed by atoms with Gasteiger partial charge in [-0.3, -0.25) is 0 Å². The Hall–Kier alpha value is -0.830. The van der Waals surface area contributed by atoms with Crippen molar-refractivity contribution in [2.24, 2.45) is 5.41 Å². The van der Waals surface area contributed by atoms with Crippen molar-refractivity contribution in [1.29, 1.82) is 0 Å².